The third kappa shape index (κ3) is 6.07. The van der Waals surface area contributed by atoms with Crippen LogP contribution in [0.4, 0.5) is 13.2 Å². The average molecular weight is 423 g/mol. The molecule has 3 aromatic rings. The summed E-state index contributed by atoms with van der Waals surface area (Å²) in [6, 6.07) is 22.7. The Bertz CT molecular complexity index is 1050. The van der Waals surface area contributed by atoms with Crippen molar-refractivity contribution < 1.29 is 17.9 Å². The Hall–Kier alpha value is -3.34. The number of nitrogens with zero attached hydrogens (tertiary/aromatic N) is 1. The molecule has 0 aromatic heterocycles. The van der Waals surface area contributed by atoms with E-state index in [4.69, 9.17) is 4.74 Å². The maximum Gasteiger partial charge on any atom is 0.416 e. The van der Waals surface area contributed by atoms with Crippen LogP contribution in [0.2, 0.25) is 0 Å². The molecule has 160 valence electrons. The van der Waals surface area contributed by atoms with E-state index in [1.807, 2.05) is 74.5 Å². The van der Waals surface area contributed by atoms with E-state index in [-0.39, 0.29) is 0 Å². The fourth-order valence-electron chi connectivity index (χ4n) is 3.16. The maximum atomic E-state index is 12.9. The molecule has 0 aliphatic heterocycles. The van der Waals surface area contributed by atoms with Crippen molar-refractivity contribution in [1.29, 1.82) is 0 Å². The molecule has 0 spiro atoms. The molecule has 0 fully saturated rings. The number of para-hydroxylation sites is 1. The lowest BCUT2D eigenvalue weighted by Crippen LogP contribution is -2.06. The number of hydrogen-bond donors (Lipinski definition) is 0. The highest BCUT2D eigenvalue weighted by Crippen LogP contribution is 2.30. The topological polar surface area (TPSA) is 21.6 Å². The van der Waals surface area contributed by atoms with Gasteiger partial charge in [0.15, 0.2) is 0 Å². The van der Waals surface area contributed by atoms with Crippen molar-refractivity contribution >= 4 is 11.3 Å². The van der Waals surface area contributed by atoms with Crippen LogP contribution >= 0.6 is 0 Å². The number of aliphatic imine (C=N–C) groups is 1. The Balaban J connectivity index is 1.87. The Morgan fingerprint density at radius 1 is 0.903 bits per heavy atom. The first kappa shape index (κ1) is 22.3. The molecule has 0 bridgehead atoms. The standard InChI is InChI=1S/C26H24F3NO/c1-3-30-24(21-13-15-22(16-14-21)26(27,28)29)17-19(2)23-11-7-8-12-25(23)31-18-20-9-5-4-6-10-20/h4-17H,3,18H2,1-2H3/b19-17+,30-24?. The van der Waals surface area contributed by atoms with Crippen molar-refractivity contribution in [2.45, 2.75) is 26.6 Å². The molecule has 0 heterocycles. The smallest absolute Gasteiger partial charge is 0.416 e. The number of ether oxygens (including phenoxy) is 1. The number of rotatable bonds is 7. The van der Waals surface area contributed by atoms with Gasteiger partial charge in [-0.2, -0.15) is 13.2 Å². The number of hydrogen-bond acceptors (Lipinski definition) is 2. The zero-order chi connectivity index (χ0) is 22.3. The molecule has 2 nitrogen and oxygen atoms in total. The minimum atomic E-state index is -4.36. The maximum absolute atomic E-state index is 12.9. The van der Waals surface area contributed by atoms with Gasteiger partial charge in [-0.05, 0) is 54.8 Å². The monoisotopic (exact) mass is 423 g/mol. The SMILES string of the molecule is CCN=C(/C=C(\C)c1ccccc1OCc1ccccc1)c1ccc(C(F)(F)F)cc1. The predicted octanol–water partition coefficient (Wildman–Crippen LogP) is 7.20. The number of allylic oxidation sites excluding steroid dienone is 2. The molecule has 0 amide bonds. The second-order valence-corrected chi connectivity index (χ2v) is 7.03. The van der Waals surface area contributed by atoms with Gasteiger partial charge in [0, 0.05) is 12.1 Å². The van der Waals surface area contributed by atoms with Gasteiger partial charge in [-0.3, -0.25) is 4.99 Å². The second-order valence-electron chi connectivity index (χ2n) is 7.03. The van der Waals surface area contributed by atoms with E-state index in [9.17, 15) is 13.2 Å². The van der Waals surface area contributed by atoms with Crippen LogP contribution in [-0.2, 0) is 12.8 Å². The number of halogens is 3. The Morgan fingerprint density at radius 2 is 1.55 bits per heavy atom. The Morgan fingerprint density at radius 3 is 2.19 bits per heavy atom. The summed E-state index contributed by atoms with van der Waals surface area (Å²) in [4.78, 5) is 4.49. The van der Waals surface area contributed by atoms with Gasteiger partial charge in [0.2, 0.25) is 0 Å². The average Bonchev–Trinajstić information content (AvgIpc) is 2.78. The lowest BCUT2D eigenvalue weighted by atomic mass is 10.0. The summed E-state index contributed by atoms with van der Waals surface area (Å²) in [7, 11) is 0. The van der Waals surface area contributed by atoms with E-state index in [1.54, 1.807) is 0 Å². The summed E-state index contributed by atoms with van der Waals surface area (Å²) < 4.78 is 44.7. The van der Waals surface area contributed by atoms with E-state index < -0.39 is 11.7 Å². The van der Waals surface area contributed by atoms with Crippen LogP contribution in [0, 0.1) is 0 Å². The van der Waals surface area contributed by atoms with E-state index in [2.05, 4.69) is 4.99 Å². The molecule has 0 saturated heterocycles. The molecule has 0 aliphatic carbocycles. The predicted molar refractivity (Wildman–Crippen MR) is 119 cm³/mol. The van der Waals surface area contributed by atoms with Gasteiger partial charge in [0.05, 0.1) is 11.3 Å². The zero-order valence-electron chi connectivity index (χ0n) is 17.5. The summed E-state index contributed by atoms with van der Waals surface area (Å²) in [6.07, 6.45) is -2.47. The molecule has 0 saturated carbocycles. The summed E-state index contributed by atoms with van der Waals surface area (Å²) in [5.74, 6) is 0.739. The molecule has 0 radical (unpaired) electrons. The molecular weight excluding hydrogens is 399 g/mol. The van der Waals surface area contributed by atoms with E-state index >= 15 is 0 Å². The molecule has 0 unspecified atom stereocenters. The molecule has 5 heteroatoms. The third-order valence-electron chi connectivity index (χ3n) is 4.74. The van der Waals surface area contributed by atoms with Crippen molar-refractivity contribution in [1.82, 2.24) is 0 Å². The van der Waals surface area contributed by atoms with Gasteiger partial charge < -0.3 is 4.74 Å². The van der Waals surface area contributed by atoms with Gasteiger partial charge in [-0.25, -0.2) is 0 Å². The first-order valence-corrected chi connectivity index (χ1v) is 10.0. The first-order chi connectivity index (χ1) is 14.9. The third-order valence-corrected chi connectivity index (χ3v) is 4.74. The van der Waals surface area contributed by atoms with Gasteiger partial charge in [0.25, 0.3) is 0 Å². The number of alkyl halides is 3. The minimum Gasteiger partial charge on any atom is -0.488 e. The van der Waals surface area contributed by atoms with Crippen molar-refractivity contribution in [2.75, 3.05) is 6.54 Å². The zero-order valence-corrected chi connectivity index (χ0v) is 17.5. The van der Waals surface area contributed by atoms with Crippen LogP contribution < -0.4 is 4.74 Å². The largest absolute Gasteiger partial charge is 0.488 e. The Labute approximate surface area is 180 Å². The van der Waals surface area contributed by atoms with Crippen LogP contribution in [0.15, 0.2) is 89.9 Å². The fourth-order valence-corrected chi connectivity index (χ4v) is 3.16. The van der Waals surface area contributed by atoms with Crippen LogP contribution in [0.25, 0.3) is 5.57 Å². The highest BCUT2D eigenvalue weighted by atomic mass is 19.4. The van der Waals surface area contributed by atoms with E-state index in [0.717, 1.165) is 34.6 Å². The van der Waals surface area contributed by atoms with Gasteiger partial charge in [-0.15, -0.1) is 0 Å². The van der Waals surface area contributed by atoms with Crippen molar-refractivity contribution in [2.24, 2.45) is 4.99 Å². The molecule has 0 N–H and O–H groups in total. The van der Waals surface area contributed by atoms with Crippen molar-refractivity contribution in [3.8, 4) is 5.75 Å². The van der Waals surface area contributed by atoms with Crippen LogP contribution in [0.5, 0.6) is 5.75 Å². The highest BCUT2D eigenvalue weighted by Gasteiger charge is 2.30. The highest BCUT2D eigenvalue weighted by molar-refractivity contribution is 6.12. The van der Waals surface area contributed by atoms with Crippen molar-refractivity contribution in [3.05, 3.63) is 107 Å². The fraction of sp³-hybridized carbons (Fsp3) is 0.192. The van der Waals surface area contributed by atoms with Crippen molar-refractivity contribution in [3.63, 3.8) is 0 Å². The van der Waals surface area contributed by atoms with Crippen LogP contribution in [0.3, 0.4) is 0 Å². The molecule has 0 atom stereocenters. The number of benzene rings is 3. The quantitative estimate of drug-likeness (QED) is 0.368. The van der Waals surface area contributed by atoms with Gasteiger partial charge in [-0.1, -0.05) is 60.7 Å². The van der Waals surface area contributed by atoms with E-state index in [0.29, 0.717) is 24.4 Å². The summed E-state index contributed by atoms with van der Waals surface area (Å²) >= 11 is 0. The molecule has 3 rings (SSSR count). The lowest BCUT2D eigenvalue weighted by molar-refractivity contribution is -0.137. The summed E-state index contributed by atoms with van der Waals surface area (Å²) in [5.41, 5.74) is 3.48. The first-order valence-electron chi connectivity index (χ1n) is 10.0. The Kier molecular flexibility index (Phi) is 7.29. The van der Waals surface area contributed by atoms with Gasteiger partial charge >= 0.3 is 6.18 Å². The normalized spacial score (nSPS) is 12.7. The van der Waals surface area contributed by atoms with E-state index in [1.165, 1.54) is 12.1 Å². The summed E-state index contributed by atoms with van der Waals surface area (Å²) in [6.45, 7) is 4.80. The molecule has 31 heavy (non-hydrogen) atoms. The van der Waals surface area contributed by atoms with Gasteiger partial charge in [0.1, 0.15) is 12.4 Å². The summed E-state index contributed by atoms with van der Waals surface area (Å²) in [5, 5.41) is 0. The van der Waals surface area contributed by atoms with Crippen LogP contribution in [0.1, 0.15) is 36.1 Å². The lowest BCUT2D eigenvalue weighted by Gasteiger charge is -2.13. The molecule has 3 aromatic carbocycles. The minimum absolute atomic E-state index is 0.444. The van der Waals surface area contributed by atoms with Crippen LogP contribution in [-0.4, -0.2) is 12.3 Å². The molecule has 0 aliphatic rings. The second kappa shape index (κ2) is 10.1. The molecular formula is C26H24F3NO.